The molecule has 58 valence electrons. The molecule has 0 bridgehead atoms. The first-order valence-corrected chi connectivity index (χ1v) is 4.68. The van der Waals surface area contributed by atoms with Gasteiger partial charge in [-0.05, 0) is 23.7 Å². The van der Waals surface area contributed by atoms with E-state index in [0.29, 0.717) is 12.2 Å². The molecular formula is C7H10BrClO. The van der Waals surface area contributed by atoms with Gasteiger partial charge in [-0.15, -0.1) is 0 Å². The molecule has 1 rings (SSSR count). The van der Waals surface area contributed by atoms with Crippen molar-refractivity contribution in [2.24, 2.45) is 0 Å². The van der Waals surface area contributed by atoms with Gasteiger partial charge in [-0.2, -0.15) is 0 Å². The van der Waals surface area contributed by atoms with Crippen LogP contribution >= 0.6 is 27.5 Å². The molecule has 0 saturated carbocycles. The molecule has 0 amide bonds. The van der Waals surface area contributed by atoms with E-state index in [-0.39, 0.29) is 0 Å². The van der Waals surface area contributed by atoms with Gasteiger partial charge in [0, 0.05) is 0 Å². The topological polar surface area (TPSA) is 9.23 Å². The van der Waals surface area contributed by atoms with Crippen LogP contribution < -0.4 is 0 Å². The highest BCUT2D eigenvalue weighted by atomic mass is 79.9. The number of hydrogen-bond acceptors (Lipinski definition) is 1. The van der Waals surface area contributed by atoms with Crippen LogP contribution in [0.1, 0.15) is 19.3 Å². The average molecular weight is 226 g/mol. The zero-order valence-corrected chi connectivity index (χ0v) is 7.99. The van der Waals surface area contributed by atoms with Gasteiger partial charge in [0.1, 0.15) is 6.07 Å². The van der Waals surface area contributed by atoms with Crippen LogP contribution in [0.25, 0.3) is 0 Å². The van der Waals surface area contributed by atoms with Crippen molar-refractivity contribution in [3.63, 3.8) is 0 Å². The van der Waals surface area contributed by atoms with Crippen molar-refractivity contribution >= 4 is 27.5 Å². The predicted molar refractivity (Wildman–Crippen MR) is 46.5 cm³/mol. The molecule has 0 radical (unpaired) electrons. The lowest BCUT2D eigenvalue weighted by atomic mass is 10.1. The van der Waals surface area contributed by atoms with E-state index in [4.69, 9.17) is 16.3 Å². The molecular weight excluding hydrogens is 215 g/mol. The maximum Gasteiger partial charge on any atom is 0.121 e. The Hall–Kier alpha value is 0.470. The standard InChI is InChI=1S/C7H10BrClO/c8-6-1-3-7(4-2-6)10-5-9/h1,7H,2-5H2. The van der Waals surface area contributed by atoms with Crippen molar-refractivity contribution in [2.45, 2.75) is 25.4 Å². The third-order valence-corrected chi connectivity index (χ3v) is 2.45. The molecule has 0 saturated heterocycles. The maximum atomic E-state index is 5.42. The van der Waals surface area contributed by atoms with Crippen molar-refractivity contribution in [1.29, 1.82) is 0 Å². The van der Waals surface area contributed by atoms with Gasteiger partial charge < -0.3 is 4.74 Å². The summed E-state index contributed by atoms with van der Waals surface area (Å²) in [5, 5.41) is 0. The van der Waals surface area contributed by atoms with E-state index in [1.165, 1.54) is 4.48 Å². The molecule has 0 heterocycles. The first kappa shape index (κ1) is 8.57. The Balaban J connectivity index is 2.27. The number of rotatable bonds is 2. The number of hydrogen-bond donors (Lipinski definition) is 0. The van der Waals surface area contributed by atoms with Crippen molar-refractivity contribution in [2.75, 3.05) is 6.07 Å². The Morgan fingerprint density at radius 2 is 2.60 bits per heavy atom. The largest absolute Gasteiger partial charge is 0.362 e. The van der Waals surface area contributed by atoms with Crippen LogP contribution in [0, 0.1) is 0 Å². The fraction of sp³-hybridized carbons (Fsp3) is 0.714. The Labute approximate surface area is 74.5 Å². The molecule has 0 aromatic heterocycles. The highest BCUT2D eigenvalue weighted by molar-refractivity contribution is 9.11. The lowest BCUT2D eigenvalue weighted by Gasteiger charge is -2.18. The van der Waals surface area contributed by atoms with Crippen LogP contribution in [0.2, 0.25) is 0 Å². The van der Waals surface area contributed by atoms with E-state index in [0.717, 1.165) is 19.3 Å². The molecule has 1 aliphatic rings. The fourth-order valence-electron chi connectivity index (χ4n) is 1.02. The monoisotopic (exact) mass is 224 g/mol. The van der Waals surface area contributed by atoms with Crippen LogP contribution in [-0.2, 0) is 4.74 Å². The second-order valence-corrected chi connectivity index (χ2v) is 3.56. The minimum atomic E-state index is 0.316. The van der Waals surface area contributed by atoms with Crippen molar-refractivity contribution in [1.82, 2.24) is 0 Å². The maximum absolute atomic E-state index is 5.42. The van der Waals surface area contributed by atoms with Crippen molar-refractivity contribution in [3.8, 4) is 0 Å². The van der Waals surface area contributed by atoms with Gasteiger partial charge in [0.2, 0.25) is 0 Å². The minimum absolute atomic E-state index is 0.316. The van der Waals surface area contributed by atoms with E-state index in [1.807, 2.05) is 0 Å². The summed E-state index contributed by atoms with van der Waals surface area (Å²) in [6.45, 7) is 0. The normalized spacial score (nSPS) is 26.2. The number of alkyl halides is 1. The summed E-state index contributed by atoms with van der Waals surface area (Å²) in [6, 6.07) is 0.316. The lowest BCUT2D eigenvalue weighted by molar-refractivity contribution is 0.0802. The molecule has 3 heteroatoms. The smallest absolute Gasteiger partial charge is 0.121 e. The summed E-state index contributed by atoms with van der Waals surface area (Å²) < 4.78 is 6.52. The molecule has 0 spiro atoms. The lowest BCUT2D eigenvalue weighted by Crippen LogP contribution is -2.13. The minimum Gasteiger partial charge on any atom is -0.362 e. The van der Waals surface area contributed by atoms with E-state index in [1.54, 1.807) is 0 Å². The molecule has 1 aliphatic carbocycles. The first-order chi connectivity index (χ1) is 4.83. The van der Waals surface area contributed by atoms with Crippen LogP contribution in [0.15, 0.2) is 10.6 Å². The van der Waals surface area contributed by atoms with Crippen LogP contribution in [-0.4, -0.2) is 12.2 Å². The highest BCUT2D eigenvalue weighted by Crippen LogP contribution is 2.24. The van der Waals surface area contributed by atoms with Crippen LogP contribution in [0.3, 0.4) is 0 Å². The van der Waals surface area contributed by atoms with Gasteiger partial charge in [0.05, 0.1) is 6.10 Å². The Morgan fingerprint density at radius 3 is 3.10 bits per heavy atom. The summed E-state index contributed by atoms with van der Waals surface area (Å²) in [5.74, 6) is 0. The summed E-state index contributed by atoms with van der Waals surface area (Å²) in [7, 11) is 0. The van der Waals surface area contributed by atoms with Gasteiger partial charge in [0.15, 0.2) is 0 Å². The molecule has 0 aliphatic heterocycles. The van der Waals surface area contributed by atoms with Gasteiger partial charge in [-0.1, -0.05) is 33.6 Å². The first-order valence-electron chi connectivity index (χ1n) is 3.35. The quantitative estimate of drug-likeness (QED) is 0.657. The highest BCUT2D eigenvalue weighted by Gasteiger charge is 2.12. The molecule has 0 aromatic rings. The van der Waals surface area contributed by atoms with Gasteiger partial charge in [-0.25, -0.2) is 0 Å². The summed E-state index contributed by atoms with van der Waals surface area (Å²) in [4.78, 5) is 0. The Morgan fingerprint density at radius 1 is 1.80 bits per heavy atom. The number of ether oxygens (including phenoxy) is 1. The van der Waals surface area contributed by atoms with Gasteiger partial charge in [-0.3, -0.25) is 0 Å². The average Bonchev–Trinajstić information content (AvgIpc) is 1.95. The third kappa shape index (κ3) is 2.60. The van der Waals surface area contributed by atoms with Crippen molar-refractivity contribution in [3.05, 3.63) is 10.6 Å². The molecule has 0 N–H and O–H groups in total. The summed E-state index contributed by atoms with van der Waals surface area (Å²) in [5.41, 5.74) is 0. The van der Waals surface area contributed by atoms with Crippen molar-refractivity contribution < 1.29 is 4.74 Å². The Bertz CT molecular complexity index is 136. The zero-order chi connectivity index (χ0) is 7.40. The molecule has 10 heavy (non-hydrogen) atoms. The van der Waals surface area contributed by atoms with Crippen LogP contribution in [0.4, 0.5) is 0 Å². The van der Waals surface area contributed by atoms with E-state index < -0.39 is 0 Å². The third-order valence-electron chi connectivity index (χ3n) is 1.61. The van der Waals surface area contributed by atoms with E-state index in [9.17, 15) is 0 Å². The van der Waals surface area contributed by atoms with Gasteiger partial charge in [0.25, 0.3) is 0 Å². The second-order valence-electron chi connectivity index (χ2n) is 2.32. The Kier molecular flexibility index (Phi) is 3.74. The number of allylic oxidation sites excluding steroid dienone is 1. The fourth-order valence-corrected chi connectivity index (χ4v) is 1.61. The predicted octanol–water partition coefficient (Wildman–Crippen LogP) is 3.03. The molecule has 0 aromatic carbocycles. The summed E-state index contributed by atoms with van der Waals surface area (Å²) in [6.07, 6.45) is 5.66. The molecule has 1 atom stereocenters. The SMILES string of the molecule is ClCOC1CC=C(Br)CC1. The van der Waals surface area contributed by atoms with E-state index >= 15 is 0 Å². The second kappa shape index (κ2) is 4.37. The van der Waals surface area contributed by atoms with Crippen LogP contribution in [0.5, 0.6) is 0 Å². The van der Waals surface area contributed by atoms with Gasteiger partial charge >= 0.3 is 0 Å². The zero-order valence-electron chi connectivity index (χ0n) is 5.65. The van der Waals surface area contributed by atoms with E-state index in [2.05, 4.69) is 22.0 Å². The molecule has 0 fully saturated rings. The summed E-state index contributed by atoms with van der Waals surface area (Å²) >= 11 is 8.86. The molecule has 1 unspecified atom stereocenters. The molecule has 1 nitrogen and oxygen atoms in total. The number of halogens is 2.